The van der Waals surface area contributed by atoms with Crippen molar-refractivity contribution in [1.82, 2.24) is 10.2 Å². The van der Waals surface area contributed by atoms with Crippen LogP contribution in [0.2, 0.25) is 0 Å². The Balaban J connectivity index is 2.77. The number of carbonyl (C=O) groups is 1. The average molecular weight is 357 g/mol. The van der Waals surface area contributed by atoms with E-state index in [4.69, 9.17) is 4.74 Å². The summed E-state index contributed by atoms with van der Waals surface area (Å²) in [4.78, 5) is 15.1. The number of likely N-dealkylation sites (N-methyl/N-ethyl adjacent to an activating group) is 1. The molecule has 25 heavy (non-hydrogen) atoms. The van der Waals surface area contributed by atoms with Crippen molar-refractivity contribution < 1.29 is 14.6 Å². The summed E-state index contributed by atoms with van der Waals surface area (Å²) in [5.74, 6) is 0.399. The number of hydrogen-bond donors (Lipinski definition) is 2. The number of aliphatic hydroxyl groups is 1. The Morgan fingerprint density at radius 2 is 2.04 bits per heavy atom. The SMILES string of the molecule is CCCCCCN(C)C(C(=O)N[C@@H](C)CC)[C@@H]1OC(CCO)C[C@H]1C. The Hall–Kier alpha value is -0.650. The van der Waals surface area contributed by atoms with Crippen molar-refractivity contribution in [3.8, 4) is 0 Å². The van der Waals surface area contributed by atoms with E-state index in [1.54, 1.807) is 0 Å². The molecule has 0 aliphatic carbocycles. The molecule has 1 amide bonds. The Morgan fingerprint density at radius 3 is 2.64 bits per heavy atom. The highest BCUT2D eigenvalue weighted by Crippen LogP contribution is 2.32. The van der Waals surface area contributed by atoms with Gasteiger partial charge in [-0.05, 0) is 52.1 Å². The normalized spacial score (nSPS) is 26.0. The van der Waals surface area contributed by atoms with Gasteiger partial charge in [-0.3, -0.25) is 9.69 Å². The Kier molecular flexibility index (Phi) is 10.6. The molecule has 0 aromatic rings. The minimum absolute atomic E-state index is 0.0670. The highest BCUT2D eigenvalue weighted by molar-refractivity contribution is 5.82. The van der Waals surface area contributed by atoms with Gasteiger partial charge in [0, 0.05) is 12.6 Å². The fourth-order valence-corrected chi connectivity index (χ4v) is 3.63. The van der Waals surface area contributed by atoms with E-state index < -0.39 is 0 Å². The second-order valence-corrected chi connectivity index (χ2v) is 7.75. The topological polar surface area (TPSA) is 61.8 Å². The molecule has 0 aromatic carbocycles. The van der Waals surface area contributed by atoms with Crippen LogP contribution in [-0.2, 0) is 9.53 Å². The standard InChI is InChI=1S/C20H40N2O3/c1-6-8-9-10-12-22(5)18(20(24)21-16(4)7-2)19-15(3)14-17(25-19)11-13-23/h15-19,23H,6-14H2,1-5H3,(H,21,24)/t15-,16+,17?,18?,19-/m1/s1. The lowest BCUT2D eigenvalue weighted by Crippen LogP contribution is -2.55. The number of aliphatic hydroxyl groups excluding tert-OH is 1. The largest absolute Gasteiger partial charge is 0.396 e. The first-order valence-electron chi connectivity index (χ1n) is 10.2. The molecule has 0 bridgehead atoms. The zero-order chi connectivity index (χ0) is 18.8. The molecule has 2 unspecified atom stereocenters. The maximum Gasteiger partial charge on any atom is 0.240 e. The number of ether oxygens (including phenoxy) is 1. The van der Waals surface area contributed by atoms with Crippen LogP contribution < -0.4 is 5.32 Å². The second-order valence-electron chi connectivity index (χ2n) is 7.75. The van der Waals surface area contributed by atoms with E-state index in [0.717, 1.165) is 25.8 Å². The molecular formula is C20H40N2O3. The Bertz CT molecular complexity index is 378. The molecule has 148 valence electrons. The number of amides is 1. The molecule has 0 radical (unpaired) electrons. The van der Waals surface area contributed by atoms with Gasteiger partial charge < -0.3 is 15.2 Å². The van der Waals surface area contributed by atoms with Crippen LogP contribution in [0.3, 0.4) is 0 Å². The molecule has 1 aliphatic rings. The van der Waals surface area contributed by atoms with Gasteiger partial charge in [-0.25, -0.2) is 0 Å². The van der Waals surface area contributed by atoms with Crippen molar-refractivity contribution in [2.24, 2.45) is 5.92 Å². The molecule has 1 heterocycles. The molecule has 1 aliphatic heterocycles. The van der Waals surface area contributed by atoms with E-state index in [1.807, 2.05) is 14.0 Å². The summed E-state index contributed by atoms with van der Waals surface area (Å²) in [6.07, 6.45) is 7.23. The lowest BCUT2D eigenvalue weighted by molar-refractivity contribution is -0.133. The quantitative estimate of drug-likeness (QED) is 0.528. The summed E-state index contributed by atoms with van der Waals surface area (Å²) in [5.41, 5.74) is 0. The number of nitrogens with one attached hydrogen (secondary N) is 1. The minimum atomic E-state index is -0.255. The third-order valence-electron chi connectivity index (χ3n) is 5.42. The zero-order valence-electron chi connectivity index (χ0n) is 17.0. The number of hydrogen-bond acceptors (Lipinski definition) is 4. The Morgan fingerprint density at radius 1 is 1.32 bits per heavy atom. The monoisotopic (exact) mass is 356 g/mol. The average Bonchev–Trinajstić information content (AvgIpc) is 2.92. The molecule has 0 spiro atoms. The highest BCUT2D eigenvalue weighted by Gasteiger charge is 2.42. The van der Waals surface area contributed by atoms with Crippen LogP contribution in [0.4, 0.5) is 0 Å². The van der Waals surface area contributed by atoms with E-state index in [-0.39, 0.29) is 36.8 Å². The molecule has 2 N–H and O–H groups in total. The first-order valence-corrected chi connectivity index (χ1v) is 10.2. The maximum atomic E-state index is 13.0. The van der Waals surface area contributed by atoms with Crippen LogP contribution in [0, 0.1) is 5.92 Å². The van der Waals surface area contributed by atoms with Gasteiger partial charge >= 0.3 is 0 Å². The van der Waals surface area contributed by atoms with Gasteiger partial charge in [0.15, 0.2) is 0 Å². The van der Waals surface area contributed by atoms with Gasteiger partial charge in [0.05, 0.1) is 12.2 Å². The summed E-state index contributed by atoms with van der Waals surface area (Å²) in [6.45, 7) is 9.55. The first kappa shape index (κ1) is 22.4. The molecule has 5 atom stereocenters. The van der Waals surface area contributed by atoms with Crippen LogP contribution in [0.1, 0.15) is 72.6 Å². The molecule has 0 saturated carbocycles. The van der Waals surface area contributed by atoms with E-state index >= 15 is 0 Å². The number of nitrogens with zero attached hydrogens (tertiary/aromatic N) is 1. The third kappa shape index (κ3) is 7.24. The molecule has 1 rings (SSSR count). The van der Waals surface area contributed by atoms with Crippen molar-refractivity contribution in [2.75, 3.05) is 20.2 Å². The smallest absolute Gasteiger partial charge is 0.240 e. The number of rotatable bonds is 12. The van der Waals surface area contributed by atoms with Crippen molar-refractivity contribution >= 4 is 5.91 Å². The maximum absolute atomic E-state index is 13.0. The Labute approximate surface area is 154 Å². The fraction of sp³-hybridized carbons (Fsp3) is 0.950. The van der Waals surface area contributed by atoms with Gasteiger partial charge in [-0.2, -0.15) is 0 Å². The summed E-state index contributed by atoms with van der Waals surface area (Å²) < 4.78 is 6.20. The van der Waals surface area contributed by atoms with E-state index in [9.17, 15) is 9.90 Å². The molecule has 5 heteroatoms. The molecule has 1 saturated heterocycles. The van der Waals surface area contributed by atoms with Gasteiger partial charge in [0.1, 0.15) is 6.04 Å². The summed E-state index contributed by atoms with van der Waals surface area (Å²) in [7, 11) is 2.04. The van der Waals surface area contributed by atoms with Gasteiger partial charge in [-0.15, -0.1) is 0 Å². The van der Waals surface area contributed by atoms with E-state index in [2.05, 4.69) is 31.0 Å². The second kappa shape index (κ2) is 11.9. The van der Waals surface area contributed by atoms with Crippen LogP contribution in [0.5, 0.6) is 0 Å². The molecular weight excluding hydrogens is 316 g/mol. The molecule has 1 fully saturated rings. The molecule has 0 aromatic heterocycles. The fourth-order valence-electron chi connectivity index (χ4n) is 3.63. The van der Waals surface area contributed by atoms with Crippen LogP contribution >= 0.6 is 0 Å². The van der Waals surface area contributed by atoms with Crippen LogP contribution in [-0.4, -0.2) is 60.4 Å². The van der Waals surface area contributed by atoms with Gasteiger partial charge in [-0.1, -0.05) is 40.0 Å². The minimum Gasteiger partial charge on any atom is -0.396 e. The van der Waals surface area contributed by atoms with E-state index in [0.29, 0.717) is 12.3 Å². The summed E-state index contributed by atoms with van der Waals surface area (Å²) >= 11 is 0. The highest BCUT2D eigenvalue weighted by atomic mass is 16.5. The lowest BCUT2D eigenvalue weighted by Gasteiger charge is -2.34. The third-order valence-corrected chi connectivity index (χ3v) is 5.42. The van der Waals surface area contributed by atoms with Crippen molar-refractivity contribution in [2.45, 2.75) is 96.9 Å². The van der Waals surface area contributed by atoms with Gasteiger partial charge in [0.2, 0.25) is 5.91 Å². The summed E-state index contributed by atoms with van der Waals surface area (Å²) in [6, 6.07) is -0.0808. The van der Waals surface area contributed by atoms with Crippen LogP contribution in [0.25, 0.3) is 0 Å². The van der Waals surface area contributed by atoms with E-state index in [1.165, 1.54) is 19.3 Å². The van der Waals surface area contributed by atoms with Crippen molar-refractivity contribution in [1.29, 1.82) is 0 Å². The van der Waals surface area contributed by atoms with Crippen molar-refractivity contribution in [3.05, 3.63) is 0 Å². The van der Waals surface area contributed by atoms with Gasteiger partial charge in [0.25, 0.3) is 0 Å². The lowest BCUT2D eigenvalue weighted by atomic mass is 9.94. The summed E-state index contributed by atoms with van der Waals surface area (Å²) in [5, 5.41) is 12.4. The molecule has 5 nitrogen and oxygen atoms in total. The number of carbonyl (C=O) groups excluding carboxylic acids is 1. The first-order chi connectivity index (χ1) is 11.9. The predicted molar refractivity (Wildman–Crippen MR) is 103 cm³/mol. The predicted octanol–water partition coefficient (Wildman–Crippen LogP) is 2.96. The number of unbranched alkanes of at least 4 members (excludes halogenated alkanes) is 3. The van der Waals surface area contributed by atoms with Crippen LogP contribution in [0.15, 0.2) is 0 Å². The van der Waals surface area contributed by atoms with Crippen molar-refractivity contribution in [3.63, 3.8) is 0 Å². The zero-order valence-corrected chi connectivity index (χ0v) is 17.0.